The fourth-order valence-electron chi connectivity index (χ4n) is 2.75. The zero-order valence-corrected chi connectivity index (χ0v) is 15.3. The molecule has 3 heterocycles. The number of nitrogens with two attached hydrogens (primary N) is 1. The molecule has 3 aromatic heterocycles. The van der Waals surface area contributed by atoms with Crippen LogP contribution in [0, 0.1) is 0 Å². The standard InChI is InChI=1S/C18H16N6O2S/c1-2-26-13(25)9-24-17-15(16(19)21-10-22-17)23-18(24)27-12-7-3-5-11-6-4-8-20-14(11)12/h3-8,10H,2,9H2,1H3,(H2,19,21,22). The monoisotopic (exact) mass is 380 g/mol. The Morgan fingerprint density at radius 3 is 2.89 bits per heavy atom. The third-order valence-electron chi connectivity index (χ3n) is 3.91. The number of carbonyl (C=O) groups excluding carboxylic acids is 1. The lowest BCUT2D eigenvalue weighted by molar-refractivity contribution is -0.143. The number of esters is 1. The Morgan fingerprint density at radius 1 is 1.19 bits per heavy atom. The van der Waals surface area contributed by atoms with Crippen LogP contribution in [0.25, 0.3) is 22.1 Å². The van der Waals surface area contributed by atoms with Crippen molar-refractivity contribution in [3.63, 3.8) is 0 Å². The van der Waals surface area contributed by atoms with Crippen molar-refractivity contribution in [2.75, 3.05) is 12.3 Å². The highest BCUT2D eigenvalue weighted by atomic mass is 32.2. The van der Waals surface area contributed by atoms with Gasteiger partial charge in [-0.05, 0) is 30.8 Å². The van der Waals surface area contributed by atoms with Crippen LogP contribution in [0.3, 0.4) is 0 Å². The molecule has 0 radical (unpaired) electrons. The summed E-state index contributed by atoms with van der Waals surface area (Å²) in [7, 11) is 0. The number of anilines is 1. The molecule has 0 aliphatic carbocycles. The van der Waals surface area contributed by atoms with E-state index in [1.165, 1.54) is 18.1 Å². The third kappa shape index (κ3) is 3.28. The first kappa shape index (κ1) is 17.2. The normalized spacial score (nSPS) is 11.1. The van der Waals surface area contributed by atoms with Crippen LogP contribution in [0.15, 0.2) is 52.9 Å². The molecule has 8 nitrogen and oxygen atoms in total. The van der Waals surface area contributed by atoms with E-state index in [1.54, 1.807) is 17.7 Å². The van der Waals surface area contributed by atoms with Crippen molar-refractivity contribution in [2.24, 2.45) is 0 Å². The van der Waals surface area contributed by atoms with Crippen LogP contribution in [-0.4, -0.2) is 37.1 Å². The van der Waals surface area contributed by atoms with E-state index in [0.717, 1.165) is 15.8 Å². The highest BCUT2D eigenvalue weighted by Crippen LogP contribution is 2.34. The summed E-state index contributed by atoms with van der Waals surface area (Å²) in [6, 6.07) is 9.81. The lowest BCUT2D eigenvalue weighted by Crippen LogP contribution is -2.14. The number of hydrogen-bond acceptors (Lipinski definition) is 8. The summed E-state index contributed by atoms with van der Waals surface area (Å²) < 4.78 is 6.78. The molecule has 0 spiro atoms. The first-order valence-electron chi connectivity index (χ1n) is 8.31. The molecule has 0 saturated heterocycles. The number of para-hydroxylation sites is 1. The van der Waals surface area contributed by atoms with Gasteiger partial charge in [0.15, 0.2) is 22.1 Å². The zero-order chi connectivity index (χ0) is 18.8. The molecule has 4 rings (SSSR count). The number of ether oxygens (including phenoxy) is 1. The molecule has 136 valence electrons. The molecule has 0 bridgehead atoms. The maximum Gasteiger partial charge on any atom is 0.326 e. The Hall–Kier alpha value is -3.20. The lowest BCUT2D eigenvalue weighted by Gasteiger charge is -2.09. The molecule has 0 unspecified atom stereocenters. The summed E-state index contributed by atoms with van der Waals surface area (Å²) in [6.45, 7) is 2.06. The van der Waals surface area contributed by atoms with E-state index in [-0.39, 0.29) is 18.3 Å². The second kappa shape index (κ2) is 7.20. The van der Waals surface area contributed by atoms with E-state index >= 15 is 0 Å². The molecule has 1 aromatic carbocycles. The lowest BCUT2D eigenvalue weighted by atomic mass is 10.2. The average Bonchev–Trinajstić information content (AvgIpc) is 3.01. The maximum absolute atomic E-state index is 12.1. The van der Waals surface area contributed by atoms with Crippen molar-refractivity contribution >= 4 is 45.6 Å². The molecule has 0 aliphatic heterocycles. The smallest absolute Gasteiger partial charge is 0.326 e. The van der Waals surface area contributed by atoms with Gasteiger partial charge in [-0.1, -0.05) is 18.2 Å². The van der Waals surface area contributed by atoms with E-state index in [0.29, 0.717) is 22.9 Å². The average molecular weight is 380 g/mol. The second-order valence-electron chi connectivity index (χ2n) is 5.65. The minimum Gasteiger partial charge on any atom is -0.465 e. The fourth-order valence-corrected chi connectivity index (χ4v) is 3.76. The van der Waals surface area contributed by atoms with Crippen molar-refractivity contribution in [1.29, 1.82) is 0 Å². The summed E-state index contributed by atoms with van der Waals surface area (Å²) in [5, 5.41) is 1.60. The summed E-state index contributed by atoms with van der Waals surface area (Å²) in [5.74, 6) is -0.104. The Kier molecular flexibility index (Phi) is 4.59. The van der Waals surface area contributed by atoms with E-state index in [4.69, 9.17) is 10.5 Å². The first-order chi connectivity index (χ1) is 13.2. The molecular weight excluding hydrogens is 364 g/mol. The number of pyridine rings is 1. The third-order valence-corrected chi connectivity index (χ3v) is 4.96. The quantitative estimate of drug-likeness (QED) is 0.526. The van der Waals surface area contributed by atoms with E-state index in [1.807, 2.05) is 30.3 Å². The van der Waals surface area contributed by atoms with Crippen LogP contribution >= 0.6 is 11.8 Å². The van der Waals surface area contributed by atoms with Crippen LogP contribution in [-0.2, 0) is 16.1 Å². The molecular formula is C18H16N6O2S. The topological polar surface area (TPSA) is 109 Å². The van der Waals surface area contributed by atoms with Crippen LogP contribution in [0.2, 0.25) is 0 Å². The number of fused-ring (bicyclic) bond motifs is 2. The van der Waals surface area contributed by atoms with Gasteiger partial charge in [-0.2, -0.15) is 0 Å². The minimum atomic E-state index is -0.369. The Labute approximate surface area is 158 Å². The summed E-state index contributed by atoms with van der Waals surface area (Å²) >= 11 is 1.40. The van der Waals surface area contributed by atoms with Crippen molar-refractivity contribution in [1.82, 2.24) is 24.5 Å². The van der Waals surface area contributed by atoms with Crippen LogP contribution in [0.1, 0.15) is 6.92 Å². The van der Waals surface area contributed by atoms with E-state index in [9.17, 15) is 4.79 Å². The molecule has 0 atom stereocenters. The number of imidazole rings is 1. The van der Waals surface area contributed by atoms with Gasteiger partial charge in [0.2, 0.25) is 0 Å². The van der Waals surface area contributed by atoms with Crippen molar-refractivity contribution < 1.29 is 9.53 Å². The van der Waals surface area contributed by atoms with E-state index in [2.05, 4.69) is 19.9 Å². The Bertz CT molecular complexity index is 1140. The predicted octanol–water partition coefficient (Wildman–Crippen LogP) is 2.67. The largest absolute Gasteiger partial charge is 0.465 e. The number of nitrogen functional groups attached to an aromatic ring is 1. The fraction of sp³-hybridized carbons (Fsp3) is 0.167. The van der Waals surface area contributed by atoms with Gasteiger partial charge in [-0.15, -0.1) is 0 Å². The molecule has 0 fully saturated rings. The van der Waals surface area contributed by atoms with Gasteiger partial charge in [0.25, 0.3) is 0 Å². The first-order valence-corrected chi connectivity index (χ1v) is 9.13. The molecule has 27 heavy (non-hydrogen) atoms. The highest BCUT2D eigenvalue weighted by molar-refractivity contribution is 7.99. The van der Waals surface area contributed by atoms with Crippen molar-refractivity contribution in [3.8, 4) is 0 Å². The number of benzene rings is 1. The van der Waals surface area contributed by atoms with Gasteiger partial charge in [-0.3, -0.25) is 14.3 Å². The number of aromatic nitrogens is 5. The Morgan fingerprint density at radius 2 is 2.04 bits per heavy atom. The van der Waals surface area contributed by atoms with E-state index < -0.39 is 0 Å². The maximum atomic E-state index is 12.1. The number of rotatable bonds is 5. The molecule has 4 aromatic rings. The predicted molar refractivity (Wildman–Crippen MR) is 102 cm³/mol. The van der Waals surface area contributed by atoms with Gasteiger partial charge in [0.05, 0.1) is 12.1 Å². The van der Waals surface area contributed by atoms with Gasteiger partial charge in [0, 0.05) is 16.5 Å². The molecule has 2 N–H and O–H groups in total. The number of nitrogens with zero attached hydrogens (tertiary/aromatic N) is 5. The second-order valence-corrected chi connectivity index (χ2v) is 6.66. The molecule has 0 amide bonds. The number of carbonyl (C=O) groups is 1. The Balaban J connectivity index is 1.82. The van der Waals surface area contributed by atoms with Crippen LogP contribution in [0.4, 0.5) is 5.82 Å². The summed E-state index contributed by atoms with van der Waals surface area (Å²) in [6.07, 6.45) is 3.10. The van der Waals surface area contributed by atoms with Crippen LogP contribution in [0.5, 0.6) is 0 Å². The van der Waals surface area contributed by atoms with Crippen molar-refractivity contribution in [3.05, 3.63) is 42.9 Å². The van der Waals surface area contributed by atoms with Crippen LogP contribution < -0.4 is 5.73 Å². The summed E-state index contributed by atoms with van der Waals surface area (Å²) in [5.41, 5.74) is 7.76. The van der Waals surface area contributed by atoms with Gasteiger partial charge >= 0.3 is 5.97 Å². The molecule has 0 aliphatic rings. The van der Waals surface area contributed by atoms with Gasteiger partial charge < -0.3 is 10.5 Å². The SMILES string of the molecule is CCOC(=O)Cn1c(Sc2cccc3cccnc23)nc2c(N)ncnc21. The van der Waals surface area contributed by atoms with Gasteiger partial charge in [0.1, 0.15) is 12.9 Å². The summed E-state index contributed by atoms with van der Waals surface area (Å²) in [4.78, 5) is 30.3. The van der Waals surface area contributed by atoms with Gasteiger partial charge in [-0.25, -0.2) is 15.0 Å². The number of hydrogen-bond donors (Lipinski definition) is 1. The molecule has 9 heteroatoms. The highest BCUT2D eigenvalue weighted by Gasteiger charge is 2.19. The zero-order valence-electron chi connectivity index (χ0n) is 14.5. The van der Waals surface area contributed by atoms with Crippen molar-refractivity contribution in [2.45, 2.75) is 23.5 Å². The minimum absolute atomic E-state index is 0.0126. The molecule has 0 saturated carbocycles.